The predicted molar refractivity (Wildman–Crippen MR) is 87.8 cm³/mol. The highest BCUT2D eigenvalue weighted by Gasteiger charge is 2.17. The van der Waals surface area contributed by atoms with Gasteiger partial charge in [0.25, 0.3) is 10.0 Å². The number of hydrogen-bond acceptors (Lipinski definition) is 5. The van der Waals surface area contributed by atoms with E-state index in [-0.39, 0.29) is 11.0 Å². The van der Waals surface area contributed by atoms with Crippen LogP contribution in [-0.2, 0) is 21.3 Å². The van der Waals surface area contributed by atoms with Crippen LogP contribution in [0.4, 0.5) is 5.69 Å². The summed E-state index contributed by atoms with van der Waals surface area (Å²) in [6, 6.07) is 7.71. The Labute approximate surface area is 140 Å². The highest BCUT2D eigenvalue weighted by molar-refractivity contribution is 7.92. The first-order valence-corrected chi connectivity index (χ1v) is 9.22. The molecule has 0 aliphatic carbocycles. The second-order valence-electron chi connectivity index (χ2n) is 5.68. The van der Waals surface area contributed by atoms with Crippen LogP contribution < -0.4 is 4.72 Å². The van der Waals surface area contributed by atoms with Crippen LogP contribution in [0.25, 0.3) is 0 Å². The fourth-order valence-electron chi connectivity index (χ4n) is 2.60. The van der Waals surface area contributed by atoms with Crippen molar-refractivity contribution in [2.45, 2.75) is 36.8 Å². The molecule has 0 bridgehead atoms. The Kier molecular flexibility index (Phi) is 4.83. The maximum Gasteiger partial charge on any atom is 0.261 e. The topological polar surface area (TPSA) is 97.0 Å². The summed E-state index contributed by atoms with van der Waals surface area (Å²) in [6.45, 7) is 1.38. The molecule has 1 saturated heterocycles. The summed E-state index contributed by atoms with van der Waals surface area (Å²) in [4.78, 5) is 0.102. The fourth-order valence-corrected chi connectivity index (χ4v) is 3.63. The van der Waals surface area contributed by atoms with Crippen LogP contribution >= 0.6 is 0 Å². The standard InChI is InChI=1S/C16H18N4O3S/c17-9-13-4-6-16(7-5-13)24(21,22)19-14-10-18-20(11-14)12-15-3-1-2-8-23-15/h4-7,10-11,15,19H,1-3,8,12H2. The van der Waals surface area contributed by atoms with E-state index in [1.807, 2.05) is 6.07 Å². The molecule has 8 heteroatoms. The van der Waals surface area contributed by atoms with E-state index in [2.05, 4.69) is 9.82 Å². The number of hydrogen-bond donors (Lipinski definition) is 1. The lowest BCUT2D eigenvalue weighted by Crippen LogP contribution is -2.24. The molecule has 1 aromatic heterocycles. The third kappa shape index (κ3) is 3.93. The lowest BCUT2D eigenvalue weighted by molar-refractivity contribution is 0.00401. The molecular formula is C16H18N4O3S. The number of nitrogens with one attached hydrogen (secondary N) is 1. The molecule has 0 radical (unpaired) electrons. The van der Waals surface area contributed by atoms with Crippen LogP contribution in [0.5, 0.6) is 0 Å². The summed E-state index contributed by atoms with van der Waals surface area (Å²) < 4.78 is 34.5. The van der Waals surface area contributed by atoms with Crippen molar-refractivity contribution < 1.29 is 13.2 Å². The molecule has 1 fully saturated rings. The number of ether oxygens (including phenoxy) is 1. The number of anilines is 1. The third-order valence-electron chi connectivity index (χ3n) is 3.84. The van der Waals surface area contributed by atoms with E-state index in [0.717, 1.165) is 25.9 Å². The van der Waals surface area contributed by atoms with Gasteiger partial charge in [-0.15, -0.1) is 0 Å². The Hall–Kier alpha value is -2.37. The van der Waals surface area contributed by atoms with Crippen molar-refractivity contribution in [3.05, 3.63) is 42.2 Å². The first-order chi connectivity index (χ1) is 11.6. The summed E-state index contributed by atoms with van der Waals surface area (Å²) in [7, 11) is -3.70. The van der Waals surface area contributed by atoms with Crippen LogP contribution in [0, 0.1) is 11.3 Å². The number of nitrogens with zero attached hydrogens (tertiary/aromatic N) is 3. The van der Waals surface area contributed by atoms with Crippen molar-refractivity contribution in [3.8, 4) is 6.07 Å². The Balaban J connectivity index is 1.67. The van der Waals surface area contributed by atoms with Crippen molar-refractivity contribution in [3.63, 3.8) is 0 Å². The smallest absolute Gasteiger partial charge is 0.261 e. The molecule has 2 aromatic rings. The molecule has 2 heterocycles. The van der Waals surface area contributed by atoms with Gasteiger partial charge in [0.1, 0.15) is 0 Å². The Morgan fingerprint density at radius 3 is 2.79 bits per heavy atom. The average molecular weight is 346 g/mol. The minimum atomic E-state index is -3.70. The third-order valence-corrected chi connectivity index (χ3v) is 5.24. The molecule has 0 spiro atoms. The summed E-state index contributed by atoms with van der Waals surface area (Å²) in [6.07, 6.45) is 6.48. The van der Waals surface area contributed by atoms with Gasteiger partial charge < -0.3 is 4.74 Å². The van der Waals surface area contributed by atoms with Gasteiger partial charge in [0, 0.05) is 12.8 Å². The zero-order valence-corrected chi connectivity index (χ0v) is 13.9. The van der Waals surface area contributed by atoms with E-state index < -0.39 is 10.0 Å². The molecule has 1 atom stereocenters. The normalized spacial score (nSPS) is 18.0. The van der Waals surface area contributed by atoms with Crippen LogP contribution in [0.2, 0.25) is 0 Å². The van der Waals surface area contributed by atoms with E-state index in [9.17, 15) is 8.42 Å². The number of aromatic nitrogens is 2. The van der Waals surface area contributed by atoms with Gasteiger partial charge in [-0.3, -0.25) is 9.40 Å². The number of benzene rings is 1. The summed E-state index contributed by atoms with van der Waals surface area (Å²) in [5, 5.41) is 12.9. The SMILES string of the molecule is N#Cc1ccc(S(=O)(=O)Nc2cnn(CC3CCCCO3)c2)cc1. The van der Waals surface area contributed by atoms with Crippen molar-refractivity contribution in [2.75, 3.05) is 11.3 Å². The van der Waals surface area contributed by atoms with Crippen molar-refractivity contribution in [1.29, 1.82) is 5.26 Å². The molecule has 1 unspecified atom stereocenters. The number of sulfonamides is 1. The van der Waals surface area contributed by atoms with Crippen LogP contribution in [0.3, 0.4) is 0 Å². The zero-order valence-electron chi connectivity index (χ0n) is 13.1. The quantitative estimate of drug-likeness (QED) is 0.894. The lowest BCUT2D eigenvalue weighted by atomic mass is 10.1. The largest absolute Gasteiger partial charge is 0.376 e. The van der Waals surface area contributed by atoms with Crippen LogP contribution in [0.15, 0.2) is 41.6 Å². The van der Waals surface area contributed by atoms with Crippen LogP contribution in [-0.4, -0.2) is 30.9 Å². The minimum Gasteiger partial charge on any atom is -0.376 e. The first-order valence-electron chi connectivity index (χ1n) is 7.74. The molecule has 7 nitrogen and oxygen atoms in total. The number of nitriles is 1. The fraction of sp³-hybridized carbons (Fsp3) is 0.375. The highest BCUT2D eigenvalue weighted by Crippen LogP contribution is 2.18. The maximum absolute atomic E-state index is 12.3. The van der Waals surface area contributed by atoms with E-state index >= 15 is 0 Å². The van der Waals surface area contributed by atoms with Crippen LogP contribution in [0.1, 0.15) is 24.8 Å². The second kappa shape index (κ2) is 7.03. The maximum atomic E-state index is 12.3. The van der Waals surface area contributed by atoms with Gasteiger partial charge in [-0.05, 0) is 43.5 Å². The average Bonchev–Trinajstić information content (AvgIpc) is 3.02. The van der Waals surface area contributed by atoms with Crippen molar-refractivity contribution >= 4 is 15.7 Å². The Morgan fingerprint density at radius 2 is 2.12 bits per heavy atom. The van der Waals surface area contributed by atoms with Gasteiger partial charge in [0.15, 0.2) is 0 Å². The highest BCUT2D eigenvalue weighted by atomic mass is 32.2. The Morgan fingerprint density at radius 1 is 1.33 bits per heavy atom. The predicted octanol–water partition coefficient (Wildman–Crippen LogP) is 2.12. The Bertz CT molecular complexity index is 831. The molecule has 24 heavy (non-hydrogen) atoms. The minimum absolute atomic E-state index is 0.102. The van der Waals surface area contributed by atoms with E-state index in [1.165, 1.54) is 30.5 Å². The van der Waals surface area contributed by atoms with Gasteiger partial charge in [0.2, 0.25) is 0 Å². The molecule has 1 N–H and O–H groups in total. The van der Waals surface area contributed by atoms with Gasteiger partial charge in [-0.2, -0.15) is 10.4 Å². The lowest BCUT2D eigenvalue weighted by Gasteiger charge is -2.22. The summed E-state index contributed by atoms with van der Waals surface area (Å²) in [5.74, 6) is 0. The molecule has 0 amide bonds. The second-order valence-corrected chi connectivity index (χ2v) is 7.36. The van der Waals surface area contributed by atoms with E-state index in [1.54, 1.807) is 10.9 Å². The van der Waals surface area contributed by atoms with Crippen molar-refractivity contribution in [1.82, 2.24) is 9.78 Å². The van der Waals surface area contributed by atoms with E-state index in [4.69, 9.17) is 10.00 Å². The zero-order chi connectivity index (χ0) is 17.0. The summed E-state index contributed by atoms with van der Waals surface area (Å²) in [5.41, 5.74) is 0.810. The molecule has 126 valence electrons. The molecule has 0 saturated carbocycles. The molecular weight excluding hydrogens is 328 g/mol. The van der Waals surface area contributed by atoms with Gasteiger partial charge in [-0.25, -0.2) is 8.42 Å². The van der Waals surface area contributed by atoms with E-state index in [0.29, 0.717) is 17.8 Å². The van der Waals surface area contributed by atoms with Gasteiger partial charge in [0.05, 0.1) is 41.1 Å². The monoisotopic (exact) mass is 346 g/mol. The molecule has 3 rings (SSSR count). The first kappa shape index (κ1) is 16.5. The molecule has 1 aromatic carbocycles. The molecule has 1 aliphatic heterocycles. The van der Waals surface area contributed by atoms with Crippen molar-refractivity contribution in [2.24, 2.45) is 0 Å². The summed E-state index contributed by atoms with van der Waals surface area (Å²) >= 11 is 0. The number of rotatable bonds is 5. The van der Waals surface area contributed by atoms with Gasteiger partial charge >= 0.3 is 0 Å². The van der Waals surface area contributed by atoms with Gasteiger partial charge in [-0.1, -0.05) is 0 Å². The molecule has 1 aliphatic rings.